The first-order chi connectivity index (χ1) is 13.6. The molecule has 0 aliphatic carbocycles. The Labute approximate surface area is 175 Å². The lowest BCUT2D eigenvalue weighted by Crippen LogP contribution is -2.03. The van der Waals surface area contributed by atoms with E-state index in [2.05, 4.69) is 46.4 Å². The number of halogens is 5. The molecule has 1 aliphatic rings. The minimum absolute atomic E-state index is 0.274. The molecule has 0 spiro atoms. The average molecular weight is 427 g/mol. The standard InChI is InChI=1S/C5H8O.C4H5F3.C4H7F.C4H8.C3H5F.C3H6/c1-5-2-3-6-4-5;1-2-3-4(5,6)7;1-2-3-4-5;1-3-4-2;1-2-3-4;1-3-2/h1-4H2;2H,1,3H2;2H,1,3-4H2;3H,1,4H2,2H3;2H,1,3H2;3H,1H2,2H3. The van der Waals surface area contributed by atoms with Gasteiger partial charge in [0, 0.05) is 0 Å². The van der Waals surface area contributed by atoms with Crippen LogP contribution in [-0.2, 0) is 4.74 Å². The minimum Gasteiger partial charge on any atom is -0.377 e. The Balaban J connectivity index is -0.0000000814. The highest BCUT2D eigenvalue weighted by atomic mass is 19.4. The summed E-state index contributed by atoms with van der Waals surface area (Å²) in [6.07, 6.45) is 4.90. The van der Waals surface area contributed by atoms with Crippen molar-refractivity contribution in [2.75, 3.05) is 26.6 Å². The number of ether oxygens (including phenoxy) is 1. The van der Waals surface area contributed by atoms with E-state index in [1.54, 1.807) is 12.2 Å². The lowest BCUT2D eigenvalue weighted by molar-refractivity contribution is -0.124. The molecule has 1 fully saturated rings. The first kappa shape index (κ1) is 37.8. The Bertz CT molecular complexity index is 358. The van der Waals surface area contributed by atoms with Gasteiger partial charge in [-0.1, -0.05) is 43.9 Å². The summed E-state index contributed by atoms with van der Waals surface area (Å²) in [5, 5.41) is 0. The topological polar surface area (TPSA) is 9.23 Å². The van der Waals surface area contributed by atoms with E-state index < -0.39 is 19.3 Å². The number of allylic oxidation sites excluding steroid dienone is 5. The third-order valence-corrected chi connectivity index (χ3v) is 1.99. The second-order valence-electron chi connectivity index (χ2n) is 4.98. The second kappa shape index (κ2) is 36.9. The fourth-order valence-electron chi connectivity index (χ4n) is 0.746. The van der Waals surface area contributed by atoms with Crippen molar-refractivity contribution in [3.63, 3.8) is 0 Å². The molecule has 0 aromatic heterocycles. The van der Waals surface area contributed by atoms with Crippen LogP contribution in [0.25, 0.3) is 0 Å². The smallest absolute Gasteiger partial charge is 0.377 e. The van der Waals surface area contributed by atoms with Gasteiger partial charge in [-0.3, -0.25) is 4.39 Å². The molecule has 0 unspecified atom stereocenters. The van der Waals surface area contributed by atoms with Crippen LogP contribution in [0.1, 0.15) is 39.5 Å². The number of rotatable bonds is 5. The summed E-state index contributed by atoms with van der Waals surface area (Å²) < 4.78 is 59.4. The maximum Gasteiger partial charge on any atom is 0.392 e. The zero-order valence-electron chi connectivity index (χ0n) is 18.1. The Morgan fingerprint density at radius 3 is 1.45 bits per heavy atom. The largest absolute Gasteiger partial charge is 0.392 e. The van der Waals surface area contributed by atoms with Crippen LogP contribution in [0.15, 0.2) is 75.4 Å². The molecule has 0 aromatic rings. The summed E-state index contributed by atoms with van der Waals surface area (Å²) in [5.41, 5.74) is 1.23. The van der Waals surface area contributed by atoms with Gasteiger partial charge in [-0.2, -0.15) is 13.2 Å². The van der Waals surface area contributed by atoms with Crippen molar-refractivity contribution >= 4 is 0 Å². The highest BCUT2D eigenvalue weighted by Crippen LogP contribution is 2.18. The van der Waals surface area contributed by atoms with E-state index in [0.717, 1.165) is 32.1 Å². The van der Waals surface area contributed by atoms with Gasteiger partial charge in [-0.05, 0) is 31.8 Å². The Morgan fingerprint density at radius 1 is 0.966 bits per heavy atom. The monoisotopic (exact) mass is 426 g/mol. The zero-order valence-corrected chi connectivity index (χ0v) is 18.1. The molecule has 0 saturated carbocycles. The Morgan fingerprint density at radius 2 is 1.41 bits per heavy atom. The predicted octanol–water partition coefficient (Wildman–Crippen LogP) is 8.54. The van der Waals surface area contributed by atoms with Gasteiger partial charge in [0.1, 0.15) is 6.67 Å². The molecule has 0 aromatic carbocycles. The van der Waals surface area contributed by atoms with Crippen molar-refractivity contribution in [3.05, 3.63) is 75.4 Å². The normalized spacial score (nSPS) is 10.8. The highest BCUT2D eigenvalue weighted by Gasteiger charge is 2.23. The van der Waals surface area contributed by atoms with E-state index in [1.165, 1.54) is 11.6 Å². The van der Waals surface area contributed by atoms with Gasteiger partial charge < -0.3 is 4.74 Å². The van der Waals surface area contributed by atoms with Crippen molar-refractivity contribution in [2.24, 2.45) is 0 Å². The third-order valence-electron chi connectivity index (χ3n) is 1.99. The third kappa shape index (κ3) is 88.5. The fourth-order valence-corrected chi connectivity index (χ4v) is 0.746. The van der Waals surface area contributed by atoms with Gasteiger partial charge >= 0.3 is 6.18 Å². The highest BCUT2D eigenvalue weighted by molar-refractivity contribution is 4.97. The zero-order chi connectivity index (χ0) is 24.0. The first-order valence-electron chi connectivity index (χ1n) is 9.05. The summed E-state index contributed by atoms with van der Waals surface area (Å²) in [5.74, 6) is 0. The fraction of sp³-hybridized carbons (Fsp3) is 0.478. The van der Waals surface area contributed by atoms with Crippen molar-refractivity contribution < 1.29 is 26.7 Å². The van der Waals surface area contributed by atoms with E-state index in [-0.39, 0.29) is 6.67 Å². The number of hydrogen-bond donors (Lipinski definition) is 0. The predicted molar refractivity (Wildman–Crippen MR) is 119 cm³/mol. The molecule has 1 saturated heterocycles. The molecule has 0 N–H and O–H groups in total. The van der Waals surface area contributed by atoms with Crippen molar-refractivity contribution in [3.8, 4) is 0 Å². The molecule has 29 heavy (non-hydrogen) atoms. The van der Waals surface area contributed by atoms with Crippen LogP contribution in [0.5, 0.6) is 0 Å². The lowest BCUT2D eigenvalue weighted by Gasteiger charge is -1.97. The van der Waals surface area contributed by atoms with Gasteiger partial charge in [-0.25, -0.2) is 4.39 Å². The maximum absolute atomic E-state index is 11.0. The Kier molecular flexibility index (Phi) is 48.0. The van der Waals surface area contributed by atoms with Crippen molar-refractivity contribution in [2.45, 2.75) is 45.7 Å². The minimum atomic E-state index is -4.07. The second-order valence-corrected chi connectivity index (χ2v) is 4.98. The number of hydrogen-bond acceptors (Lipinski definition) is 1. The van der Waals surface area contributed by atoms with Gasteiger partial charge in [0.2, 0.25) is 0 Å². The van der Waals surface area contributed by atoms with Crippen LogP contribution in [0.2, 0.25) is 0 Å². The molecule has 172 valence electrons. The van der Waals surface area contributed by atoms with Crippen LogP contribution in [0, 0.1) is 0 Å². The van der Waals surface area contributed by atoms with E-state index in [4.69, 9.17) is 4.74 Å². The molecule has 1 nitrogen and oxygen atoms in total. The number of alkyl halides is 5. The average Bonchev–Trinajstić information content (AvgIpc) is 3.14. The molecule has 0 bridgehead atoms. The summed E-state index contributed by atoms with van der Waals surface area (Å²) in [6, 6.07) is 0. The van der Waals surface area contributed by atoms with E-state index in [9.17, 15) is 22.0 Å². The van der Waals surface area contributed by atoms with Crippen LogP contribution in [0.4, 0.5) is 22.0 Å². The van der Waals surface area contributed by atoms with Gasteiger partial charge in [0.25, 0.3) is 0 Å². The Hall–Kier alpha value is -1.95. The van der Waals surface area contributed by atoms with Crippen molar-refractivity contribution in [1.29, 1.82) is 0 Å². The summed E-state index contributed by atoms with van der Waals surface area (Å²) in [4.78, 5) is 0. The maximum atomic E-state index is 11.0. The van der Waals surface area contributed by atoms with Crippen LogP contribution < -0.4 is 0 Å². The molecular weight excluding hydrogens is 387 g/mol. The van der Waals surface area contributed by atoms with E-state index in [1.807, 2.05) is 13.0 Å². The van der Waals surface area contributed by atoms with Gasteiger partial charge in [-0.15, -0.1) is 32.9 Å². The molecule has 1 rings (SSSR count). The van der Waals surface area contributed by atoms with Crippen LogP contribution in [-0.4, -0.2) is 32.7 Å². The summed E-state index contributed by atoms with van der Waals surface area (Å²) >= 11 is 0. The molecule has 0 atom stereocenters. The first-order valence-corrected chi connectivity index (χ1v) is 9.05. The molecular formula is C23H39F5O. The summed E-state index contributed by atoms with van der Waals surface area (Å²) in [7, 11) is 0. The molecule has 6 heteroatoms. The SMILES string of the molecule is C=C1CCOC1.C=CC.C=CCC.C=CCC(F)(F)F.C=CCCF.C=CCF. The van der Waals surface area contributed by atoms with Crippen molar-refractivity contribution in [1.82, 2.24) is 0 Å². The van der Waals surface area contributed by atoms with Crippen LogP contribution >= 0.6 is 0 Å². The molecule has 0 amide bonds. The van der Waals surface area contributed by atoms with Crippen LogP contribution in [0.3, 0.4) is 0 Å². The van der Waals surface area contributed by atoms with E-state index in [0.29, 0.717) is 6.42 Å². The quantitative estimate of drug-likeness (QED) is 0.316. The molecule has 1 heterocycles. The lowest BCUT2D eigenvalue weighted by atomic mass is 10.3. The summed E-state index contributed by atoms with van der Waals surface area (Å²) in [6.45, 7) is 24.8. The van der Waals surface area contributed by atoms with Gasteiger partial charge in [0.05, 0.1) is 26.3 Å². The molecule has 0 radical (unpaired) electrons. The molecule has 1 aliphatic heterocycles. The van der Waals surface area contributed by atoms with E-state index >= 15 is 0 Å². The van der Waals surface area contributed by atoms with Gasteiger partial charge in [0.15, 0.2) is 0 Å².